The molecule has 0 spiro atoms. The topological polar surface area (TPSA) is 9.23 Å². The van der Waals surface area contributed by atoms with Crippen molar-refractivity contribution < 1.29 is 4.12 Å². The summed E-state index contributed by atoms with van der Waals surface area (Å²) in [7, 11) is -3.89. The molecule has 84 valence electrons. The Bertz CT molecular complexity index is 278. The zero-order valence-corrected chi connectivity index (χ0v) is 12.3. The summed E-state index contributed by atoms with van der Waals surface area (Å²) in [5.74, 6) is 0. The molecule has 0 aliphatic heterocycles. The summed E-state index contributed by atoms with van der Waals surface area (Å²) in [4.78, 5) is 0. The van der Waals surface area contributed by atoms with Crippen molar-refractivity contribution >= 4 is 16.6 Å². The Kier molecular flexibility index (Phi) is 5.21. The molecule has 0 aliphatic rings. The number of hydrogen-bond donors (Lipinski definition) is 0. The fourth-order valence-electron chi connectivity index (χ4n) is 1.26. The molecule has 0 atom stereocenters. The maximum Gasteiger partial charge on any atom is 0.255 e. The van der Waals surface area contributed by atoms with E-state index in [1.807, 2.05) is 17.1 Å². The number of hydrogen-bond acceptors (Lipinski definition) is 1. The highest BCUT2D eigenvalue weighted by atomic mass is 28.4. The van der Waals surface area contributed by atoms with Gasteiger partial charge in [0.1, 0.15) is 0 Å². The van der Waals surface area contributed by atoms with Crippen LogP contribution in [0.5, 0.6) is 0 Å². The molecule has 3 heteroatoms. The Morgan fingerprint density at radius 2 is 1.47 bits per heavy atom. The molecule has 0 aromatic heterocycles. The van der Waals surface area contributed by atoms with Gasteiger partial charge in [-0.15, -0.1) is 19.7 Å². The summed E-state index contributed by atoms with van der Waals surface area (Å²) in [5, 5.41) is 0. The van der Waals surface area contributed by atoms with Gasteiger partial charge in [-0.1, -0.05) is 28.4 Å². The molecule has 0 saturated carbocycles. The second-order valence-corrected chi connectivity index (χ2v) is 11.6. The van der Waals surface area contributed by atoms with Gasteiger partial charge in [-0.2, -0.15) is 0 Å². The minimum atomic E-state index is -2.11. The molecule has 1 nitrogen and oxygen atoms in total. The van der Waals surface area contributed by atoms with E-state index in [4.69, 9.17) is 4.12 Å². The van der Waals surface area contributed by atoms with Crippen molar-refractivity contribution in [1.82, 2.24) is 0 Å². The third-order valence-corrected chi connectivity index (χ3v) is 8.89. The Morgan fingerprint density at radius 3 is 1.73 bits per heavy atom. The van der Waals surface area contributed by atoms with Crippen LogP contribution < -0.4 is 0 Å². The second-order valence-electron chi connectivity index (χ2n) is 4.39. The Balaban J connectivity index is 5.13. The largest absolute Gasteiger partial charge is 0.443 e. The molecular weight excluding hydrogens is 216 g/mol. The molecule has 0 saturated heterocycles. The molecule has 0 radical (unpaired) electrons. The Labute approximate surface area is 96.1 Å². The fourth-order valence-corrected chi connectivity index (χ4v) is 7.45. The lowest BCUT2D eigenvalue weighted by molar-refractivity contribution is 0.582. The number of allylic oxidation sites excluding steroid dienone is 1. The van der Waals surface area contributed by atoms with Gasteiger partial charge in [0.25, 0.3) is 8.32 Å². The molecule has 0 aromatic carbocycles. The molecule has 0 heterocycles. The van der Waals surface area contributed by atoms with Gasteiger partial charge >= 0.3 is 0 Å². The van der Waals surface area contributed by atoms with Crippen LogP contribution >= 0.6 is 0 Å². The molecule has 0 unspecified atom stereocenters. The van der Waals surface area contributed by atoms with Crippen LogP contribution in [0.2, 0.25) is 13.1 Å². The maximum atomic E-state index is 6.23. The van der Waals surface area contributed by atoms with E-state index < -0.39 is 16.6 Å². The quantitative estimate of drug-likeness (QED) is 0.639. The first kappa shape index (κ1) is 14.4. The zero-order valence-electron chi connectivity index (χ0n) is 10.3. The highest BCUT2D eigenvalue weighted by molar-refractivity contribution is 6.96. The third-order valence-electron chi connectivity index (χ3n) is 2.08. The van der Waals surface area contributed by atoms with Crippen LogP contribution in [-0.2, 0) is 4.12 Å². The molecule has 0 aromatic rings. The summed E-state index contributed by atoms with van der Waals surface area (Å²) < 4.78 is 6.23. The van der Waals surface area contributed by atoms with Crippen LogP contribution in [0.25, 0.3) is 0 Å². The van der Waals surface area contributed by atoms with Crippen molar-refractivity contribution in [2.24, 2.45) is 0 Å². The first-order valence-corrected chi connectivity index (χ1v) is 10.2. The van der Waals surface area contributed by atoms with Crippen molar-refractivity contribution in [3.63, 3.8) is 0 Å². The van der Waals surface area contributed by atoms with Gasteiger partial charge in [-0.05, 0) is 26.9 Å². The van der Waals surface area contributed by atoms with Gasteiger partial charge in [0.05, 0.1) is 0 Å². The third kappa shape index (κ3) is 4.60. The molecule has 0 rings (SSSR count). The van der Waals surface area contributed by atoms with Gasteiger partial charge in [-0.25, -0.2) is 0 Å². The normalized spacial score (nSPS) is 11.7. The maximum absolute atomic E-state index is 6.23. The predicted octanol–water partition coefficient (Wildman–Crippen LogP) is 3.83. The van der Waals surface area contributed by atoms with Crippen molar-refractivity contribution in [3.05, 3.63) is 48.1 Å². The van der Waals surface area contributed by atoms with E-state index in [-0.39, 0.29) is 0 Å². The van der Waals surface area contributed by atoms with Gasteiger partial charge < -0.3 is 4.12 Å². The van der Waals surface area contributed by atoms with Gasteiger partial charge in [0, 0.05) is 0 Å². The summed E-state index contributed by atoms with van der Waals surface area (Å²) in [6, 6.07) is 0. The van der Waals surface area contributed by atoms with E-state index in [2.05, 4.69) is 52.4 Å². The molecule has 15 heavy (non-hydrogen) atoms. The standard InChI is InChI=1S/C12H22OSi2/c1-8-14(6,7)13-15(9-2,10-3)11-12(4)5/h8-11H,1-3H2,4-7H3. The lowest BCUT2D eigenvalue weighted by Crippen LogP contribution is -2.44. The van der Waals surface area contributed by atoms with Gasteiger partial charge in [0.15, 0.2) is 8.32 Å². The molecular formula is C12H22OSi2. The van der Waals surface area contributed by atoms with Crippen LogP contribution in [0.3, 0.4) is 0 Å². The van der Waals surface area contributed by atoms with Crippen LogP contribution in [0, 0.1) is 0 Å². The molecule has 0 fully saturated rings. The highest BCUT2D eigenvalue weighted by Crippen LogP contribution is 2.19. The average molecular weight is 238 g/mol. The monoisotopic (exact) mass is 238 g/mol. The van der Waals surface area contributed by atoms with Crippen LogP contribution in [0.15, 0.2) is 48.1 Å². The zero-order chi connectivity index (χ0) is 12.1. The minimum Gasteiger partial charge on any atom is -0.443 e. The smallest absolute Gasteiger partial charge is 0.255 e. The van der Waals surface area contributed by atoms with E-state index in [1.54, 1.807) is 0 Å². The van der Waals surface area contributed by atoms with E-state index in [1.165, 1.54) is 5.57 Å². The average Bonchev–Trinajstić information content (AvgIpc) is 2.15. The fraction of sp³-hybridized carbons (Fsp3) is 0.333. The van der Waals surface area contributed by atoms with E-state index in [0.717, 1.165) is 0 Å². The van der Waals surface area contributed by atoms with Crippen molar-refractivity contribution in [2.45, 2.75) is 26.9 Å². The van der Waals surface area contributed by atoms with E-state index in [0.29, 0.717) is 0 Å². The summed E-state index contributed by atoms with van der Waals surface area (Å²) in [6.07, 6.45) is 0. The molecule has 0 bridgehead atoms. The Morgan fingerprint density at radius 1 is 1.00 bits per heavy atom. The highest BCUT2D eigenvalue weighted by Gasteiger charge is 2.32. The molecule has 0 aliphatic carbocycles. The van der Waals surface area contributed by atoms with E-state index >= 15 is 0 Å². The van der Waals surface area contributed by atoms with Crippen molar-refractivity contribution in [3.8, 4) is 0 Å². The lowest BCUT2D eigenvalue weighted by atomic mass is 10.4. The second kappa shape index (κ2) is 5.44. The van der Waals surface area contributed by atoms with Crippen LogP contribution in [0.4, 0.5) is 0 Å². The van der Waals surface area contributed by atoms with Crippen molar-refractivity contribution in [1.29, 1.82) is 0 Å². The summed E-state index contributed by atoms with van der Waals surface area (Å²) >= 11 is 0. The van der Waals surface area contributed by atoms with E-state index in [9.17, 15) is 0 Å². The van der Waals surface area contributed by atoms with Crippen molar-refractivity contribution in [2.75, 3.05) is 0 Å². The molecule has 0 amide bonds. The van der Waals surface area contributed by atoms with Gasteiger partial charge in [-0.3, -0.25) is 0 Å². The minimum absolute atomic E-state index is 1.25. The lowest BCUT2D eigenvalue weighted by Gasteiger charge is -2.30. The van der Waals surface area contributed by atoms with Crippen LogP contribution in [0.1, 0.15) is 13.8 Å². The number of rotatable bonds is 6. The summed E-state index contributed by atoms with van der Waals surface area (Å²) in [5.41, 5.74) is 9.21. The Hall–Kier alpha value is -0.646. The first-order chi connectivity index (χ1) is 6.81. The van der Waals surface area contributed by atoms with Crippen LogP contribution in [-0.4, -0.2) is 16.6 Å². The summed E-state index contributed by atoms with van der Waals surface area (Å²) in [6.45, 7) is 20.0. The van der Waals surface area contributed by atoms with Gasteiger partial charge in [0.2, 0.25) is 0 Å². The first-order valence-electron chi connectivity index (χ1n) is 5.08. The SMILES string of the molecule is C=C[Si](C)(C)O[Si](C=C)(C=C)C=C(C)C. The predicted molar refractivity (Wildman–Crippen MR) is 74.3 cm³/mol. The molecule has 0 N–H and O–H groups in total.